The van der Waals surface area contributed by atoms with Crippen LogP contribution in [0.15, 0.2) is 35.0 Å². The monoisotopic (exact) mass is 223 g/mol. The molecule has 0 saturated heterocycles. The summed E-state index contributed by atoms with van der Waals surface area (Å²) in [4.78, 5) is 12.7. The van der Waals surface area contributed by atoms with Crippen molar-refractivity contribution in [2.45, 2.75) is 6.10 Å². The molecule has 0 fully saturated rings. The fourth-order valence-electron chi connectivity index (χ4n) is 1.12. The Hall–Kier alpha value is -0.970. The molecule has 0 saturated carbocycles. The van der Waals surface area contributed by atoms with Gasteiger partial charge in [0.15, 0.2) is 5.78 Å². The first-order valence-corrected chi connectivity index (χ1v) is 5.82. The molecule has 0 aliphatic carbocycles. The predicted molar refractivity (Wildman–Crippen MR) is 55.7 cm³/mol. The third-order valence-corrected chi connectivity index (χ3v) is 3.60. The molecule has 0 unspecified atom stereocenters. The molecule has 2 nitrogen and oxygen atoms in total. The normalized spacial score (nSPS) is 12.6. The lowest BCUT2D eigenvalue weighted by molar-refractivity contribution is -0.403. The first kappa shape index (κ1) is 9.58. The molecule has 4 heteroatoms. The van der Waals surface area contributed by atoms with Gasteiger partial charge in [0.25, 0.3) is 0 Å². The van der Waals surface area contributed by atoms with Crippen LogP contribution in [0.2, 0.25) is 0 Å². The molecule has 14 heavy (non-hydrogen) atoms. The number of hydrogen-bond acceptors (Lipinski definition) is 4. The van der Waals surface area contributed by atoms with Crippen LogP contribution in [0.3, 0.4) is 0 Å². The van der Waals surface area contributed by atoms with Crippen molar-refractivity contribution in [1.29, 1.82) is 0 Å². The van der Waals surface area contributed by atoms with Gasteiger partial charge in [0.05, 0.1) is 4.88 Å². The van der Waals surface area contributed by atoms with E-state index in [1.165, 1.54) is 22.7 Å². The van der Waals surface area contributed by atoms with Gasteiger partial charge < -0.3 is 5.11 Å². The first-order chi connectivity index (χ1) is 6.79. The van der Waals surface area contributed by atoms with E-state index in [0.717, 1.165) is 0 Å². The van der Waals surface area contributed by atoms with Crippen LogP contribution in [0.5, 0.6) is 0 Å². The smallest absolute Gasteiger partial charge is 0.164 e. The van der Waals surface area contributed by atoms with Crippen LogP contribution >= 0.6 is 22.7 Å². The van der Waals surface area contributed by atoms with Gasteiger partial charge in [-0.1, -0.05) is 12.1 Å². The summed E-state index contributed by atoms with van der Waals surface area (Å²) in [7, 11) is 0. The molecular formula is C10H7O2S2-. The number of rotatable bonds is 3. The third-order valence-electron chi connectivity index (χ3n) is 1.80. The van der Waals surface area contributed by atoms with E-state index in [0.29, 0.717) is 9.75 Å². The molecule has 0 amide bonds. The molecule has 2 aromatic rings. The van der Waals surface area contributed by atoms with E-state index < -0.39 is 6.10 Å². The lowest BCUT2D eigenvalue weighted by Gasteiger charge is -2.17. The number of ketones is 1. The van der Waals surface area contributed by atoms with Gasteiger partial charge >= 0.3 is 0 Å². The minimum Gasteiger partial charge on any atom is -0.842 e. The Labute approximate surface area is 89.5 Å². The lowest BCUT2D eigenvalue weighted by atomic mass is 10.2. The highest BCUT2D eigenvalue weighted by Crippen LogP contribution is 2.22. The van der Waals surface area contributed by atoms with Crippen LogP contribution in [0.4, 0.5) is 0 Å². The Morgan fingerprint density at radius 1 is 1.21 bits per heavy atom. The molecule has 2 heterocycles. The lowest BCUT2D eigenvalue weighted by Crippen LogP contribution is -2.23. The minimum absolute atomic E-state index is 0.331. The van der Waals surface area contributed by atoms with Crippen molar-refractivity contribution in [1.82, 2.24) is 0 Å². The van der Waals surface area contributed by atoms with Gasteiger partial charge in [-0.3, -0.25) is 4.79 Å². The molecule has 2 aromatic heterocycles. The number of carbonyl (C=O) groups is 1. The minimum atomic E-state index is -1.26. The molecule has 0 radical (unpaired) electrons. The molecule has 0 aromatic carbocycles. The molecule has 0 bridgehead atoms. The fourth-order valence-corrected chi connectivity index (χ4v) is 2.50. The zero-order valence-electron chi connectivity index (χ0n) is 7.17. The van der Waals surface area contributed by atoms with Crippen LogP contribution in [-0.2, 0) is 0 Å². The molecular weight excluding hydrogens is 216 g/mol. The Morgan fingerprint density at radius 2 is 1.93 bits per heavy atom. The maximum Gasteiger partial charge on any atom is 0.164 e. The van der Waals surface area contributed by atoms with Gasteiger partial charge in [-0.25, -0.2) is 0 Å². The van der Waals surface area contributed by atoms with Gasteiger partial charge in [-0.05, 0) is 33.9 Å². The summed E-state index contributed by atoms with van der Waals surface area (Å²) in [6, 6.07) is 6.95. The van der Waals surface area contributed by atoms with E-state index in [1.54, 1.807) is 29.6 Å². The molecule has 0 spiro atoms. The van der Waals surface area contributed by atoms with Crippen molar-refractivity contribution >= 4 is 28.5 Å². The number of hydrogen-bond donors (Lipinski definition) is 0. The summed E-state index contributed by atoms with van der Waals surface area (Å²) in [5.74, 6) is -0.331. The Kier molecular flexibility index (Phi) is 2.77. The van der Waals surface area contributed by atoms with Gasteiger partial charge in [-0.15, -0.1) is 22.7 Å². The van der Waals surface area contributed by atoms with Crippen molar-refractivity contribution in [3.63, 3.8) is 0 Å². The SMILES string of the molecule is O=C(c1cccs1)[C@@H]([O-])c1cccs1. The fraction of sp³-hybridized carbons (Fsp3) is 0.100. The molecule has 0 aliphatic heterocycles. The second-order valence-corrected chi connectivity index (χ2v) is 4.66. The topological polar surface area (TPSA) is 40.1 Å². The van der Waals surface area contributed by atoms with Crippen molar-refractivity contribution in [3.8, 4) is 0 Å². The van der Waals surface area contributed by atoms with E-state index >= 15 is 0 Å². The summed E-state index contributed by atoms with van der Waals surface area (Å²) in [5.41, 5.74) is 0. The molecule has 72 valence electrons. The van der Waals surface area contributed by atoms with Gasteiger partial charge in [0, 0.05) is 0 Å². The highest BCUT2D eigenvalue weighted by molar-refractivity contribution is 7.12. The summed E-state index contributed by atoms with van der Waals surface area (Å²) in [6.45, 7) is 0. The van der Waals surface area contributed by atoms with Crippen LogP contribution in [-0.4, -0.2) is 5.78 Å². The average Bonchev–Trinajstić information content (AvgIpc) is 2.87. The standard InChI is InChI=1S/C10H7O2S2/c11-9(7-3-1-5-13-7)10(12)8-4-2-6-14-8/h1-6,9H/q-1/t9-/m0/s1. The quantitative estimate of drug-likeness (QED) is 0.747. The summed E-state index contributed by atoms with van der Waals surface area (Å²) >= 11 is 2.64. The summed E-state index contributed by atoms with van der Waals surface area (Å²) < 4.78 is 0. The second-order valence-electron chi connectivity index (χ2n) is 2.74. The van der Waals surface area contributed by atoms with Gasteiger partial charge in [-0.2, -0.15) is 0 Å². The van der Waals surface area contributed by atoms with Crippen molar-refractivity contribution in [2.75, 3.05) is 0 Å². The van der Waals surface area contributed by atoms with E-state index in [2.05, 4.69) is 0 Å². The summed E-state index contributed by atoms with van der Waals surface area (Å²) in [5, 5.41) is 15.3. The largest absolute Gasteiger partial charge is 0.842 e. The predicted octanol–water partition coefficient (Wildman–Crippen LogP) is 2.09. The van der Waals surface area contributed by atoms with Crippen molar-refractivity contribution < 1.29 is 9.90 Å². The maximum absolute atomic E-state index is 11.7. The van der Waals surface area contributed by atoms with Gasteiger partial charge in [0.1, 0.15) is 0 Å². The second kappa shape index (κ2) is 4.04. The first-order valence-electron chi connectivity index (χ1n) is 4.06. The van der Waals surface area contributed by atoms with E-state index in [-0.39, 0.29) is 5.78 Å². The average molecular weight is 223 g/mol. The van der Waals surface area contributed by atoms with Gasteiger partial charge in [0.2, 0.25) is 0 Å². The molecule has 2 rings (SSSR count). The Bertz CT molecular complexity index is 403. The van der Waals surface area contributed by atoms with E-state index in [9.17, 15) is 9.90 Å². The zero-order valence-corrected chi connectivity index (χ0v) is 8.81. The Balaban J connectivity index is 2.21. The molecule has 0 aliphatic rings. The summed E-state index contributed by atoms with van der Waals surface area (Å²) in [6.07, 6.45) is -1.26. The number of thiophene rings is 2. The van der Waals surface area contributed by atoms with Crippen molar-refractivity contribution in [3.05, 3.63) is 44.8 Å². The van der Waals surface area contributed by atoms with Crippen LogP contribution in [0.1, 0.15) is 20.7 Å². The Morgan fingerprint density at radius 3 is 2.50 bits per heavy atom. The van der Waals surface area contributed by atoms with Crippen LogP contribution < -0.4 is 5.11 Å². The molecule has 0 N–H and O–H groups in total. The van der Waals surface area contributed by atoms with Crippen molar-refractivity contribution in [2.24, 2.45) is 0 Å². The molecule has 1 atom stereocenters. The van der Waals surface area contributed by atoms with E-state index in [4.69, 9.17) is 0 Å². The van der Waals surface area contributed by atoms with E-state index in [1.807, 2.05) is 5.38 Å². The van der Waals surface area contributed by atoms with Crippen LogP contribution in [0, 0.1) is 0 Å². The highest BCUT2D eigenvalue weighted by atomic mass is 32.1. The van der Waals surface area contributed by atoms with Crippen LogP contribution in [0.25, 0.3) is 0 Å². The maximum atomic E-state index is 11.7. The number of carbonyl (C=O) groups excluding carboxylic acids is 1. The zero-order chi connectivity index (χ0) is 9.97. The highest BCUT2D eigenvalue weighted by Gasteiger charge is 2.12. The number of Topliss-reactive ketones (excluding diaryl/α,β-unsaturated/α-hetero) is 1. The third kappa shape index (κ3) is 1.77.